The van der Waals surface area contributed by atoms with E-state index in [1.807, 2.05) is 26.8 Å². The summed E-state index contributed by atoms with van der Waals surface area (Å²) in [5, 5.41) is 2.89. The Morgan fingerprint density at radius 2 is 1.94 bits per heavy atom. The SMILES string of the molecule is C=CCC12CC(CNC(=O)OC(C)(C)C)(C1)C2. The lowest BCUT2D eigenvalue weighted by Gasteiger charge is -2.71. The van der Waals surface area contributed by atoms with Crippen molar-refractivity contribution >= 4 is 6.09 Å². The standard InChI is InChI=1S/C14H23NO2/c1-5-6-13-7-14(8-13,9-13)10-15-11(16)17-12(2,3)4/h5H,1,6-10H2,2-4H3,(H,15,16). The molecule has 0 aromatic carbocycles. The lowest BCUT2D eigenvalue weighted by molar-refractivity contribution is -0.196. The highest BCUT2D eigenvalue weighted by atomic mass is 16.6. The zero-order valence-electron chi connectivity index (χ0n) is 11.1. The van der Waals surface area contributed by atoms with Crippen molar-refractivity contribution in [3.8, 4) is 0 Å². The molecular formula is C14H23NO2. The molecular weight excluding hydrogens is 214 g/mol. The number of alkyl carbamates (subject to hydrolysis) is 1. The number of allylic oxidation sites excluding steroid dienone is 1. The molecule has 1 N–H and O–H groups in total. The van der Waals surface area contributed by atoms with Crippen LogP contribution in [-0.4, -0.2) is 18.2 Å². The average Bonchev–Trinajstić information content (AvgIpc) is 2.03. The minimum atomic E-state index is -0.409. The summed E-state index contributed by atoms with van der Waals surface area (Å²) in [6, 6.07) is 0. The highest BCUT2D eigenvalue weighted by molar-refractivity contribution is 5.67. The molecule has 0 saturated heterocycles. The predicted molar refractivity (Wildman–Crippen MR) is 67.8 cm³/mol. The Morgan fingerprint density at radius 1 is 1.35 bits per heavy atom. The second-order valence-corrected chi connectivity index (χ2v) is 6.88. The van der Waals surface area contributed by atoms with Crippen molar-refractivity contribution in [1.82, 2.24) is 5.32 Å². The third kappa shape index (κ3) is 2.48. The second-order valence-electron chi connectivity index (χ2n) is 6.88. The summed E-state index contributed by atoms with van der Waals surface area (Å²) in [7, 11) is 0. The average molecular weight is 237 g/mol. The first kappa shape index (κ1) is 12.5. The molecule has 0 radical (unpaired) electrons. The monoisotopic (exact) mass is 237 g/mol. The lowest BCUT2D eigenvalue weighted by atomic mass is 9.34. The molecule has 0 aliphatic heterocycles. The summed E-state index contributed by atoms with van der Waals surface area (Å²) in [5.41, 5.74) is 0.505. The fourth-order valence-electron chi connectivity index (χ4n) is 3.52. The largest absolute Gasteiger partial charge is 0.444 e. The molecule has 3 aliphatic carbocycles. The van der Waals surface area contributed by atoms with Crippen molar-refractivity contribution in [3.05, 3.63) is 12.7 Å². The van der Waals surface area contributed by atoms with E-state index in [1.165, 1.54) is 19.3 Å². The van der Waals surface area contributed by atoms with E-state index in [-0.39, 0.29) is 6.09 Å². The van der Waals surface area contributed by atoms with Crippen LogP contribution in [-0.2, 0) is 4.74 Å². The first-order valence-electron chi connectivity index (χ1n) is 6.36. The van der Waals surface area contributed by atoms with Crippen LogP contribution in [0.3, 0.4) is 0 Å². The van der Waals surface area contributed by atoms with Gasteiger partial charge < -0.3 is 10.1 Å². The maximum atomic E-state index is 11.5. The zero-order valence-corrected chi connectivity index (χ0v) is 11.1. The number of amides is 1. The minimum Gasteiger partial charge on any atom is -0.444 e. The highest BCUT2D eigenvalue weighted by Gasteiger charge is 2.66. The van der Waals surface area contributed by atoms with Crippen LogP contribution in [0.4, 0.5) is 4.79 Å². The van der Waals surface area contributed by atoms with Gasteiger partial charge in [-0.2, -0.15) is 0 Å². The van der Waals surface area contributed by atoms with E-state index < -0.39 is 5.60 Å². The van der Waals surface area contributed by atoms with Gasteiger partial charge >= 0.3 is 6.09 Å². The van der Waals surface area contributed by atoms with Gasteiger partial charge in [0, 0.05) is 6.54 Å². The first-order chi connectivity index (χ1) is 7.78. The van der Waals surface area contributed by atoms with E-state index in [9.17, 15) is 4.79 Å². The van der Waals surface area contributed by atoms with Gasteiger partial charge in [-0.15, -0.1) is 6.58 Å². The van der Waals surface area contributed by atoms with Crippen molar-refractivity contribution in [2.75, 3.05) is 6.54 Å². The maximum Gasteiger partial charge on any atom is 0.407 e. The molecule has 1 amide bonds. The van der Waals surface area contributed by atoms with Gasteiger partial charge in [-0.1, -0.05) is 6.08 Å². The third-order valence-corrected chi connectivity index (χ3v) is 3.83. The number of ether oxygens (including phenoxy) is 1. The summed E-state index contributed by atoms with van der Waals surface area (Å²) < 4.78 is 5.23. The topological polar surface area (TPSA) is 38.3 Å². The zero-order chi connectivity index (χ0) is 12.7. The predicted octanol–water partition coefficient (Wildman–Crippen LogP) is 3.26. The molecule has 3 saturated carbocycles. The smallest absolute Gasteiger partial charge is 0.407 e. The molecule has 0 unspecified atom stereocenters. The molecule has 0 aromatic heterocycles. The van der Waals surface area contributed by atoms with E-state index in [0.717, 1.165) is 13.0 Å². The Hall–Kier alpha value is -0.990. The Morgan fingerprint density at radius 3 is 2.41 bits per heavy atom. The van der Waals surface area contributed by atoms with Gasteiger partial charge in [0.2, 0.25) is 0 Å². The van der Waals surface area contributed by atoms with Crippen LogP contribution in [0, 0.1) is 10.8 Å². The Balaban J connectivity index is 1.69. The molecule has 2 bridgehead atoms. The number of rotatable bonds is 4. The first-order valence-corrected chi connectivity index (χ1v) is 6.36. The van der Waals surface area contributed by atoms with Crippen LogP contribution < -0.4 is 5.32 Å². The van der Waals surface area contributed by atoms with E-state index in [1.54, 1.807) is 0 Å². The van der Waals surface area contributed by atoms with Crippen molar-refractivity contribution in [2.45, 2.75) is 52.1 Å². The molecule has 0 atom stereocenters. The summed E-state index contributed by atoms with van der Waals surface area (Å²) in [4.78, 5) is 11.5. The molecule has 3 rings (SSSR count). The number of hydrogen-bond donors (Lipinski definition) is 1. The molecule has 3 aliphatic rings. The van der Waals surface area contributed by atoms with Crippen LogP contribution in [0.1, 0.15) is 46.5 Å². The van der Waals surface area contributed by atoms with E-state index >= 15 is 0 Å². The molecule has 17 heavy (non-hydrogen) atoms. The van der Waals surface area contributed by atoms with E-state index in [0.29, 0.717) is 10.8 Å². The molecule has 3 fully saturated rings. The van der Waals surface area contributed by atoms with Gasteiger partial charge in [0.05, 0.1) is 0 Å². The normalized spacial score (nSPS) is 34.3. The van der Waals surface area contributed by atoms with Crippen LogP contribution in [0.2, 0.25) is 0 Å². The Bertz CT molecular complexity index is 321. The Kier molecular flexibility index (Phi) is 2.75. The van der Waals surface area contributed by atoms with Gasteiger partial charge in [-0.3, -0.25) is 0 Å². The summed E-state index contributed by atoms with van der Waals surface area (Å²) >= 11 is 0. The number of hydrogen-bond acceptors (Lipinski definition) is 2. The van der Waals surface area contributed by atoms with E-state index in [4.69, 9.17) is 4.74 Å². The molecule has 0 heterocycles. The number of carbonyl (C=O) groups is 1. The van der Waals surface area contributed by atoms with Crippen LogP contribution in [0.5, 0.6) is 0 Å². The molecule has 96 valence electrons. The van der Waals surface area contributed by atoms with Gasteiger partial charge in [0.15, 0.2) is 0 Å². The molecule has 0 spiro atoms. The lowest BCUT2D eigenvalue weighted by Crippen LogP contribution is -2.65. The fraction of sp³-hybridized carbons (Fsp3) is 0.786. The van der Waals surface area contributed by atoms with Crippen molar-refractivity contribution in [1.29, 1.82) is 0 Å². The maximum absolute atomic E-state index is 11.5. The van der Waals surface area contributed by atoms with Crippen molar-refractivity contribution < 1.29 is 9.53 Å². The van der Waals surface area contributed by atoms with Gasteiger partial charge in [-0.05, 0) is 57.3 Å². The fourth-order valence-corrected chi connectivity index (χ4v) is 3.52. The number of nitrogens with one attached hydrogen (secondary N) is 1. The third-order valence-electron chi connectivity index (χ3n) is 3.83. The van der Waals surface area contributed by atoms with Crippen molar-refractivity contribution in [3.63, 3.8) is 0 Å². The van der Waals surface area contributed by atoms with E-state index in [2.05, 4.69) is 11.9 Å². The van der Waals surface area contributed by atoms with Crippen LogP contribution in [0.15, 0.2) is 12.7 Å². The second kappa shape index (κ2) is 3.76. The van der Waals surface area contributed by atoms with Crippen LogP contribution >= 0.6 is 0 Å². The number of carbonyl (C=O) groups excluding carboxylic acids is 1. The Labute approximate surface area is 104 Å². The van der Waals surface area contributed by atoms with Gasteiger partial charge in [0.25, 0.3) is 0 Å². The molecule has 3 nitrogen and oxygen atoms in total. The van der Waals surface area contributed by atoms with Gasteiger partial charge in [-0.25, -0.2) is 4.79 Å². The highest BCUT2D eigenvalue weighted by Crippen LogP contribution is 2.74. The summed E-state index contributed by atoms with van der Waals surface area (Å²) in [6.07, 6.45) is 6.57. The van der Waals surface area contributed by atoms with Gasteiger partial charge in [0.1, 0.15) is 5.60 Å². The molecule has 3 heteroatoms. The molecule has 0 aromatic rings. The van der Waals surface area contributed by atoms with Crippen LogP contribution in [0.25, 0.3) is 0 Å². The quantitative estimate of drug-likeness (QED) is 0.762. The minimum absolute atomic E-state index is 0.292. The van der Waals surface area contributed by atoms with Crippen molar-refractivity contribution in [2.24, 2.45) is 10.8 Å². The summed E-state index contributed by atoms with van der Waals surface area (Å²) in [5.74, 6) is 0. The summed E-state index contributed by atoms with van der Waals surface area (Å²) in [6.45, 7) is 10.2.